The second-order valence-corrected chi connectivity index (χ2v) is 12.2. The minimum Gasteiger partial charge on any atom is -0.498 e. The van der Waals surface area contributed by atoms with Crippen molar-refractivity contribution in [3.63, 3.8) is 0 Å². The van der Waals surface area contributed by atoms with Crippen LogP contribution in [0.2, 0.25) is 0 Å². The second kappa shape index (κ2) is 9.77. The van der Waals surface area contributed by atoms with Gasteiger partial charge >= 0.3 is 0 Å². The molecule has 200 valence electrons. The summed E-state index contributed by atoms with van der Waals surface area (Å²) in [5.41, 5.74) is 3.08. The number of aryl methyl sites for hydroxylation is 1. The summed E-state index contributed by atoms with van der Waals surface area (Å²) in [6.45, 7) is 4.25. The first kappa shape index (κ1) is 25.5. The van der Waals surface area contributed by atoms with Crippen LogP contribution < -0.4 is 4.90 Å². The van der Waals surface area contributed by atoms with Gasteiger partial charge in [-0.05, 0) is 49.2 Å². The SMILES string of the molecule is CCOC1=C2[C@@H](CN(S(=O)(=O)c3ccc(C)cc3)[C@H]2c2ccccc2)[C@H]2C(=O)N(c3ccccc3)C(=O)[C@H]2C1. The van der Waals surface area contributed by atoms with E-state index in [-0.39, 0.29) is 29.7 Å². The van der Waals surface area contributed by atoms with Gasteiger partial charge in [0.05, 0.1) is 40.8 Å². The minimum atomic E-state index is -3.94. The van der Waals surface area contributed by atoms with E-state index in [1.54, 1.807) is 48.5 Å². The number of ether oxygens (including phenoxy) is 1. The summed E-state index contributed by atoms with van der Waals surface area (Å²) in [7, 11) is -3.94. The number of amides is 2. The number of sulfonamides is 1. The van der Waals surface area contributed by atoms with Crippen LogP contribution >= 0.6 is 0 Å². The molecule has 0 unspecified atom stereocenters. The van der Waals surface area contributed by atoms with Crippen LogP contribution in [0.25, 0.3) is 0 Å². The monoisotopic (exact) mass is 542 g/mol. The third kappa shape index (κ3) is 4.10. The summed E-state index contributed by atoms with van der Waals surface area (Å²) in [4.78, 5) is 29.1. The Morgan fingerprint density at radius 1 is 0.846 bits per heavy atom. The van der Waals surface area contributed by atoms with Crippen molar-refractivity contribution in [3.8, 4) is 0 Å². The van der Waals surface area contributed by atoms with E-state index in [9.17, 15) is 18.0 Å². The third-order valence-electron chi connectivity index (χ3n) is 8.07. The number of benzene rings is 3. The molecule has 39 heavy (non-hydrogen) atoms. The molecule has 1 aliphatic carbocycles. The number of imide groups is 1. The lowest BCUT2D eigenvalue weighted by Crippen LogP contribution is -2.35. The van der Waals surface area contributed by atoms with Crippen molar-refractivity contribution in [2.45, 2.75) is 31.2 Å². The Kier molecular flexibility index (Phi) is 6.40. The Balaban J connectivity index is 1.50. The van der Waals surface area contributed by atoms with E-state index in [2.05, 4.69) is 0 Å². The fraction of sp³-hybridized carbons (Fsp3) is 0.290. The van der Waals surface area contributed by atoms with Crippen LogP contribution in [0.3, 0.4) is 0 Å². The van der Waals surface area contributed by atoms with Crippen molar-refractivity contribution in [3.05, 3.63) is 107 Å². The van der Waals surface area contributed by atoms with Gasteiger partial charge in [0.15, 0.2) is 0 Å². The number of rotatable bonds is 6. The Bertz CT molecular complexity index is 1550. The number of carbonyl (C=O) groups excluding carboxylic acids is 2. The highest BCUT2D eigenvalue weighted by Crippen LogP contribution is 2.55. The van der Waals surface area contributed by atoms with Gasteiger partial charge in [0, 0.05) is 18.9 Å². The van der Waals surface area contributed by atoms with E-state index in [1.165, 1.54) is 9.21 Å². The van der Waals surface area contributed by atoms with Crippen LogP contribution in [0.5, 0.6) is 0 Å². The zero-order valence-electron chi connectivity index (χ0n) is 21.9. The van der Waals surface area contributed by atoms with Gasteiger partial charge in [-0.25, -0.2) is 8.42 Å². The largest absolute Gasteiger partial charge is 0.498 e. The van der Waals surface area contributed by atoms with Crippen LogP contribution in [-0.2, 0) is 24.3 Å². The van der Waals surface area contributed by atoms with Crippen molar-refractivity contribution in [1.29, 1.82) is 0 Å². The molecule has 2 saturated heterocycles. The number of allylic oxidation sites excluding steroid dienone is 1. The first-order valence-corrected chi connectivity index (χ1v) is 14.7. The second-order valence-electron chi connectivity index (χ2n) is 10.3. The number of para-hydroxylation sites is 1. The average Bonchev–Trinajstić information content (AvgIpc) is 3.46. The Labute approximate surface area is 228 Å². The maximum Gasteiger partial charge on any atom is 0.243 e. The number of fused-ring (bicyclic) bond motifs is 3. The molecule has 0 saturated carbocycles. The predicted octanol–water partition coefficient (Wildman–Crippen LogP) is 4.86. The molecule has 8 heteroatoms. The predicted molar refractivity (Wildman–Crippen MR) is 147 cm³/mol. The molecule has 7 nitrogen and oxygen atoms in total. The van der Waals surface area contributed by atoms with Crippen molar-refractivity contribution in [1.82, 2.24) is 4.31 Å². The molecule has 3 aromatic rings. The molecule has 2 heterocycles. The van der Waals surface area contributed by atoms with Crippen LogP contribution in [-0.4, -0.2) is 37.7 Å². The normalized spacial score (nSPS) is 25.1. The topological polar surface area (TPSA) is 84.0 Å². The van der Waals surface area contributed by atoms with Gasteiger partial charge in [-0.3, -0.25) is 14.5 Å². The van der Waals surface area contributed by atoms with Crippen LogP contribution in [0.4, 0.5) is 5.69 Å². The number of hydrogen-bond donors (Lipinski definition) is 0. The average molecular weight is 543 g/mol. The van der Waals surface area contributed by atoms with Gasteiger partial charge in [0.25, 0.3) is 0 Å². The summed E-state index contributed by atoms with van der Waals surface area (Å²) < 4.78 is 36.0. The van der Waals surface area contributed by atoms with Gasteiger partial charge in [-0.15, -0.1) is 0 Å². The lowest BCUT2D eigenvalue weighted by atomic mass is 9.71. The van der Waals surface area contributed by atoms with Gasteiger partial charge in [0.2, 0.25) is 21.8 Å². The van der Waals surface area contributed by atoms with E-state index < -0.39 is 33.8 Å². The van der Waals surface area contributed by atoms with E-state index in [0.29, 0.717) is 18.1 Å². The van der Waals surface area contributed by atoms with Gasteiger partial charge in [-0.2, -0.15) is 4.31 Å². The van der Waals surface area contributed by atoms with Gasteiger partial charge in [-0.1, -0.05) is 66.2 Å². The summed E-state index contributed by atoms with van der Waals surface area (Å²) >= 11 is 0. The molecule has 3 aromatic carbocycles. The first-order chi connectivity index (χ1) is 18.8. The standard InChI is InChI=1S/C31H30N2O5S/c1-3-38-26-18-24-27(31(35)33(30(24)34)22-12-8-5-9-13-22)25-19-32(29(28(25)26)21-10-6-4-7-11-21)39(36,37)23-16-14-20(2)15-17-23/h4-17,24-25,27,29H,3,18-19H2,1-2H3/t24-,25-,27-,29-/m0/s1. The number of anilines is 1. The Morgan fingerprint density at radius 3 is 2.13 bits per heavy atom. The summed E-state index contributed by atoms with van der Waals surface area (Å²) in [5, 5.41) is 0. The quantitative estimate of drug-likeness (QED) is 0.416. The Morgan fingerprint density at radius 2 is 1.49 bits per heavy atom. The zero-order chi connectivity index (χ0) is 27.3. The molecular weight excluding hydrogens is 512 g/mol. The molecule has 3 aliphatic rings. The van der Waals surface area contributed by atoms with E-state index in [0.717, 1.165) is 16.7 Å². The fourth-order valence-electron chi connectivity index (χ4n) is 6.37. The molecule has 0 bridgehead atoms. The molecule has 2 amide bonds. The molecule has 4 atom stereocenters. The van der Waals surface area contributed by atoms with E-state index in [1.807, 2.05) is 50.2 Å². The van der Waals surface area contributed by atoms with Crippen molar-refractivity contribution in [2.75, 3.05) is 18.1 Å². The highest BCUT2D eigenvalue weighted by Gasteiger charge is 2.60. The van der Waals surface area contributed by atoms with E-state index in [4.69, 9.17) is 4.74 Å². The lowest BCUT2D eigenvalue weighted by Gasteiger charge is -2.32. The van der Waals surface area contributed by atoms with Crippen molar-refractivity contribution >= 4 is 27.5 Å². The van der Waals surface area contributed by atoms with Crippen LogP contribution in [0.1, 0.15) is 30.5 Å². The fourth-order valence-corrected chi connectivity index (χ4v) is 7.99. The Hall–Kier alpha value is -3.75. The number of hydrogen-bond acceptors (Lipinski definition) is 5. The van der Waals surface area contributed by atoms with Crippen molar-refractivity contribution in [2.24, 2.45) is 17.8 Å². The molecule has 2 aliphatic heterocycles. The highest BCUT2D eigenvalue weighted by molar-refractivity contribution is 7.89. The molecular formula is C31H30N2O5S. The summed E-state index contributed by atoms with van der Waals surface area (Å²) in [6.07, 6.45) is 0.264. The lowest BCUT2D eigenvalue weighted by molar-refractivity contribution is -0.122. The first-order valence-electron chi connectivity index (χ1n) is 13.2. The van der Waals surface area contributed by atoms with Crippen LogP contribution in [0.15, 0.2) is 101 Å². The highest BCUT2D eigenvalue weighted by atomic mass is 32.2. The summed E-state index contributed by atoms with van der Waals surface area (Å²) in [5.74, 6) is -1.68. The zero-order valence-corrected chi connectivity index (χ0v) is 22.7. The molecule has 0 radical (unpaired) electrons. The number of nitrogens with zero attached hydrogens (tertiary/aromatic N) is 2. The van der Waals surface area contributed by atoms with Gasteiger partial charge in [0.1, 0.15) is 0 Å². The smallest absolute Gasteiger partial charge is 0.243 e. The van der Waals surface area contributed by atoms with Gasteiger partial charge < -0.3 is 4.74 Å². The maximum absolute atomic E-state index is 14.2. The molecule has 0 N–H and O–H groups in total. The van der Waals surface area contributed by atoms with E-state index >= 15 is 0 Å². The number of carbonyl (C=O) groups is 2. The van der Waals surface area contributed by atoms with Crippen molar-refractivity contribution < 1.29 is 22.7 Å². The molecule has 0 aromatic heterocycles. The molecule has 2 fully saturated rings. The molecule has 6 rings (SSSR count). The maximum atomic E-state index is 14.2. The molecule has 0 spiro atoms. The van der Waals surface area contributed by atoms with Crippen LogP contribution in [0, 0.1) is 24.7 Å². The summed E-state index contributed by atoms with van der Waals surface area (Å²) in [6, 6.07) is 24.6. The minimum absolute atomic E-state index is 0.0878. The third-order valence-corrected chi connectivity index (χ3v) is 9.92.